The van der Waals surface area contributed by atoms with Gasteiger partial charge in [0.2, 0.25) is 0 Å². The molecule has 0 fully saturated rings. The lowest BCUT2D eigenvalue weighted by Crippen LogP contribution is -1.96. The van der Waals surface area contributed by atoms with Gasteiger partial charge in [0, 0.05) is 11.8 Å². The van der Waals surface area contributed by atoms with Crippen LogP contribution in [0.2, 0.25) is 0 Å². The van der Waals surface area contributed by atoms with E-state index in [1.165, 1.54) is 30.8 Å². The van der Waals surface area contributed by atoms with Crippen LogP contribution in [0.4, 0.5) is 4.39 Å². The number of methoxy groups -OCH3 is 1. The molecule has 1 aromatic heterocycles. The third kappa shape index (κ3) is 3.57. The van der Waals surface area contributed by atoms with Crippen molar-refractivity contribution >= 4 is 21.2 Å². The summed E-state index contributed by atoms with van der Waals surface area (Å²) in [4.78, 5) is 5.61. The van der Waals surface area contributed by atoms with Gasteiger partial charge in [-0.2, -0.15) is 0 Å². The van der Waals surface area contributed by atoms with E-state index in [0.717, 1.165) is 15.4 Å². The first-order valence-electron chi connectivity index (χ1n) is 7.41. The first kappa shape index (κ1) is 17.6. The highest BCUT2D eigenvalue weighted by molar-refractivity contribution is 7.90. The fourth-order valence-electron chi connectivity index (χ4n) is 2.49. The predicted molar refractivity (Wildman–Crippen MR) is 97.3 cm³/mol. The smallest absolute Gasteiger partial charge is 0.175 e. The van der Waals surface area contributed by atoms with Gasteiger partial charge in [-0.05, 0) is 42.8 Å². The first-order chi connectivity index (χ1) is 11.8. The number of sulfone groups is 1. The maximum Gasteiger partial charge on any atom is 0.175 e. The summed E-state index contributed by atoms with van der Waals surface area (Å²) in [6.45, 7) is 1.88. The van der Waals surface area contributed by atoms with Crippen molar-refractivity contribution in [2.75, 3.05) is 13.4 Å². The molecular formula is C18H16FNO3S2. The van der Waals surface area contributed by atoms with Crippen LogP contribution in [0.15, 0.2) is 47.4 Å². The fraction of sp³-hybridized carbons (Fsp3) is 0.167. The lowest BCUT2D eigenvalue weighted by Gasteiger charge is -2.06. The molecule has 0 bridgehead atoms. The molecule has 0 unspecified atom stereocenters. The van der Waals surface area contributed by atoms with Gasteiger partial charge in [0.05, 0.1) is 27.6 Å². The molecule has 0 aliphatic rings. The SMILES string of the molecule is COc1ccc(-c2sc(C)nc2-c2ccc(S(C)(=O)=O)cc2)cc1F. The van der Waals surface area contributed by atoms with Crippen LogP contribution in [-0.4, -0.2) is 26.8 Å². The standard InChI is InChI=1S/C18H16FNO3S2/c1-11-20-17(12-4-7-14(8-5-12)25(3,21)22)18(24-11)13-6-9-16(23-2)15(19)10-13/h4-10H,1-3H3. The number of hydrogen-bond donors (Lipinski definition) is 0. The van der Waals surface area contributed by atoms with Crippen LogP contribution in [-0.2, 0) is 9.84 Å². The molecule has 0 atom stereocenters. The molecule has 25 heavy (non-hydrogen) atoms. The Labute approximate surface area is 149 Å². The van der Waals surface area contributed by atoms with Gasteiger partial charge in [-0.3, -0.25) is 0 Å². The van der Waals surface area contributed by atoms with Crippen LogP contribution < -0.4 is 4.74 Å². The Morgan fingerprint density at radius 2 is 1.72 bits per heavy atom. The number of aromatic nitrogens is 1. The van der Waals surface area contributed by atoms with Gasteiger partial charge < -0.3 is 4.74 Å². The van der Waals surface area contributed by atoms with Crippen molar-refractivity contribution < 1.29 is 17.5 Å². The topological polar surface area (TPSA) is 56.3 Å². The normalized spacial score (nSPS) is 11.5. The molecule has 1 heterocycles. The Morgan fingerprint density at radius 1 is 1.08 bits per heavy atom. The molecule has 0 spiro atoms. The van der Waals surface area contributed by atoms with Crippen LogP contribution in [0, 0.1) is 12.7 Å². The van der Waals surface area contributed by atoms with E-state index in [9.17, 15) is 12.8 Å². The number of ether oxygens (including phenoxy) is 1. The summed E-state index contributed by atoms with van der Waals surface area (Å²) in [6, 6.07) is 11.3. The summed E-state index contributed by atoms with van der Waals surface area (Å²) >= 11 is 1.46. The van der Waals surface area contributed by atoms with Gasteiger partial charge in [0.15, 0.2) is 21.4 Å². The maximum absolute atomic E-state index is 14.1. The minimum Gasteiger partial charge on any atom is -0.494 e. The number of rotatable bonds is 4. The van der Waals surface area contributed by atoms with Gasteiger partial charge in [-0.1, -0.05) is 12.1 Å². The molecule has 0 radical (unpaired) electrons. The Bertz CT molecular complexity index is 1020. The largest absolute Gasteiger partial charge is 0.494 e. The van der Waals surface area contributed by atoms with E-state index in [4.69, 9.17) is 4.74 Å². The number of thiazole rings is 1. The zero-order valence-corrected chi connectivity index (χ0v) is 15.5. The molecule has 0 aliphatic heterocycles. The first-order valence-corrected chi connectivity index (χ1v) is 10.1. The highest BCUT2D eigenvalue weighted by atomic mass is 32.2. The van der Waals surface area contributed by atoms with Crippen LogP contribution >= 0.6 is 11.3 Å². The van der Waals surface area contributed by atoms with E-state index >= 15 is 0 Å². The number of hydrogen-bond acceptors (Lipinski definition) is 5. The molecule has 3 rings (SSSR count). The fourth-order valence-corrected chi connectivity index (χ4v) is 4.05. The van der Waals surface area contributed by atoms with Gasteiger partial charge >= 0.3 is 0 Å². The highest BCUT2D eigenvalue weighted by Crippen LogP contribution is 2.38. The monoisotopic (exact) mass is 377 g/mol. The molecule has 0 saturated carbocycles. The van der Waals surface area contributed by atoms with E-state index in [1.54, 1.807) is 36.4 Å². The van der Waals surface area contributed by atoms with Gasteiger partial charge in [0.25, 0.3) is 0 Å². The Kier molecular flexibility index (Phi) is 4.62. The van der Waals surface area contributed by atoms with Crippen molar-refractivity contribution in [3.05, 3.63) is 53.3 Å². The zero-order chi connectivity index (χ0) is 18.2. The molecule has 4 nitrogen and oxygen atoms in total. The Morgan fingerprint density at radius 3 is 2.28 bits per heavy atom. The average Bonchev–Trinajstić information content (AvgIpc) is 2.96. The average molecular weight is 377 g/mol. The summed E-state index contributed by atoms with van der Waals surface area (Å²) in [5.74, 6) is -0.256. The molecule has 0 N–H and O–H groups in total. The van der Waals surface area contributed by atoms with Crippen LogP contribution in [0.1, 0.15) is 5.01 Å². The Balaban J connectivity index is 2.09. The van der Waals surface area contributed by atoms with E-state index in [1.807, 2.05) is 6.92 Å². The summed E-state index contributed by atoms with van der Waals surface area (Å²) < 4.78 is 42.2. The summed E-state index contributed by atoms with van der Waals surface area (Å²) in [5, 5.41) is 0.841. The van der Waals surface area contributed by atoms with Crippen molar-refractivity contribution in [2.45, 2.75) is 11.8 Å². The number of halogens is 1. The van der Waals surface area contributed by atoms with Gasteiger partial charge in [-0.25, -0.2) is 17.8 Å². The highest BCUT2D eigenvalue weighted by Gasteiger charge is 2.16. The molecule has 0 aliphatic carbocycles. The molecule has 2 aromatic carbocycles. The number of nitrogens with zero attached hydrogens (tertiary/aromatic N) is 1. The summed E-state index contributed by atoms with van der Waals surface area (Å²) in [6.07, 6.45) is 1.17. The molecule has 0 amide bonds. The van der Waals surface area contributed by atoms with Crippen LogP contribution in [0.25, 0.3) is 21.7 Å². The maximum atomic E-state index is 14.1. The second-order valence-corrected chi connectivity index (χ2v) is 8.78. The van der Waals surface area contributed by atoms with Gasteiger partial charge in [-0.15, -0.1) is 11.3 Å². The quantitative estimate of drug-likeness (QED) is 0.679. The lowest BCUT2D eigenvalue weighted by molar-refractivity contribution is 0.386. The Hall–Kier alpha value is -2.25. The third-order valence-corrected chi connectivity index (χ3v) is 5.85. The second kappa shape index (κ2) is 6.57. The number of benzene rings is 2. The van der Waals surface area contributed by atoms with Crippen LogP contribution in [0.5, 0.6) is 5.75 Å². The van der Waals surface area contributed by atoms with Crippen molar-refractivity contribution in [2.24, 2.45) is 0 Å². The van der Waals surface area contributed by atoms with Crippen molar-refractivity contribution in [1.29, 1.82) is 0 Å². The summed E-state index contributed by atoms with van der Waals surface area (Å²) in [7, 11) is -1.83. The van der Waals surface area contributed by atoms with Gasteiger partial charge in [0.1, 0.15) is 0 Å². The molecule has 7 heteroatoms. The van der Waals surface area contributed by atoms with Crippen molar-refractivity contribution in [3.8, 4) is 27.4 Å². The molecule has 0 saturated heterocycles. The third-order valence-electron chi connectivity index (χ3n) is 3.70. The molecule has 130 valence electrons. The van der Waals surface area contributed by atoms with Crippen molar-refractivity contribution in [1.82, 2.24) is 4.98 Å². The van der Waals surface area contributed by atoms with Crippen LogP contribution in [0.3, 0.4) is 0 Å². The van der Waals surface area contributed by atoms with E-state index in [-0.39, 0.29) is 10.6 Å². The number of aryl methyl sites for hydroxylation is 1. The second-order valence-electron chi connectivity index (χ2n) is 5.56. The van der Waals surface area contributed by atoms with Crippen molar-refractivity contribution in [3.63, 3.8) is 0 Å². The predicted octanol–water partition coefficient (Wildman–Crippen LogP) is 4.34. The molecule has 3 aromatic rings. The minimum absolute atomic E-state index is 0.184. The van der Waals surface area contributed by atoms with E-state index in [2.05, 4.69) is 4.98 Å². The van der Waals surface area contributed by atoms with E-state index in [0.29, 0.717) is 11.3 Å². The van der Waals surface area contributed by atoms with E-state index < -0.39 is 15.7 Å². The minimum atomic E-state index is -3.25. The molecular weight excluding hydrogens is 361 g/mol. The summed E-state index contributed by atoms with van der Waals surface area (Å²) in [5.41, 5.74) is 2.18. The lowest BCUT2D eigenvalue weighted by atomic mass is 10.1. The zero-order valence-electron chi connectivity index (χ0n) is 13.9.